The molecule has 0 spiro atoms. The lowest BCUT2D eigenvalue weighted by atomic mass is 9.99. The van der Waals surface area contributed by atoms with E-state index in [1.807, 2.05) is 42.5 Å². The van der Waals surface area contributed by atoms with Gasteiger partial charge in [-0.25, -0.2) is 4.98 Å². The number of benzene rings is 3. The van der Waals surface area contributed by atoms with Crippen LogP contribution in [0, 0.1) is 11.3 Å². The number of fused-ring (bicyclic) bond motifs is 1. The number of nitrogens with zero attached hydrogens (tertiary/aromatic N) is 5. The third-order valence-corrected chi connectivity index (χ3v) is 8.90. The number of hydrogen-bond acceptors (Lipinski definition) is 5. The van der Waals surface area contributed by atoms with Crippen LogP contribution in [0.15, 0.2) is 78.9 Å². The van der Waals surface area contributed by atoms with Crippen molar-refractivity contribution >= 4 is 22.6 Å². The molecule has 2 atom stereocenters. The van der Waals surface area contributed by atoms with Gasteiger partial charge in [-0.1, -0.05) is 48.5 Å². The largest absolute Gasteiger partial charge is 0.353 e. The van der Waals surface area contributed by atoms with Crippen molar-refractivity contribution in [1.29, 1.82) is 5.26 Å². The molecule has 6 nitrogen and oxygen atoms in total. The van der Waals surface area contributed by atoms with Crippen LogP contribution in [0.5, 0.6) is 0 Å². The number of carbonyl (C=O) groups is 1. The second kappa shape index (κ2) is 11.7. The number of pyridine rings is 1. The van der Waals surface area contributed by atoms with Gasteiger partial charge in [0.2, 0.25) is 0 Å². The van der Waals surface area contributed by atoms with Gasteiger partial charge in [0.05, 0.1) is 28.8 Å². The van der Waals surface area contributed by atoms with E-state index < -0.39 is 0 Å². The quantitative estimate of drug-likeness (QED) is 0.260. The minimum absolute atomic E-state index is 0.0942. The molecule has 6 rings (SSSR count). The predicted octanol–water partition coefficient (Wildman–Crippen LogP) is 6.67. The highest BCUT2D eigenvalue weighted by atomic mass is 16.2. The zero-order chi connectivity index (χ0) is 28.3. The van der Waals surface area contributed by atoms with E-state index in [0.717, 1.165) is 66.9 Å². The van der Waals surface area contributed by atoms with Gasteiger partial charge in [0, 0.05) is 31.6 Å². The van der Waals surface area contributed by atoms with E-state index in [1.165, 1.54) is 18.4 Å². The lowest BCUT2D eigenvalue weighted by Gasteiger charge is -2.30. The number of rotatable bonds is 7. The SMILES string of the molecule is C[C@@H](c1ccccc1)N(C)c1cc(C(=O)N2CCC[C@H]2CN2CCCC2)c2cc(-c3ccc(C#N)cc3)ccc2n1. The summed E-state index contributed by atoms with van der Waals surface area (Å²) in [7, 11) is 2.05. The molecule has 1 aromatic heterocycles. The van der Waals surface area contributed by atoms with E-state index in [2.05, 4.69) is 71.1 Å². The summed E-state index contributed by atoms with van der Waals surface area (Å²) in [6.07, 6.45) is 4.60. The van der Waals surface area contributed by atoms with Gasteiger partial charge < -0.3 is 14.7 Å². The van der Waals surface area contributed by atoms with E-state index in [9.17, 15) is 10.1 Å². The fraction of sp³-hybridized carbons (Fsp3) is 0.343. The Morgan fingerprint density at radius 2 is 1.71 bits per heavy atom. The highest BCUT2D eigenvalue weighted by Gasteiger charge is 2.33. The summed E-state index contributed by atoms with van der Waals surface area (Å²) in [5.41, 5.74) is 5.37. The molecule has 4 aromatic rings. The molecule has 3 aromatic carbocycles. The van der Waals surface area contributed by atoms with Gasteiger partial charge in [0.25, 0.3) is 5.91 Å². The molecular weight excluding hydrogens is 506 g/mol. The van der Waals surface area contributed by atoms with Gasteiger partial charge >= 0.3 is 0 Å². The first kappa shape index (κ1) is 27.0. The normalized spacial score (nSPS) is 18.0. The summed E-state index contributed by atoms with van der Waals surface area (Å²) in [5, 5.41) is 10.1. The van der Waals surface area contributed by atoms with Crippen LogP contribution in [0.2, 0.25) is 0 Å². The van der Waals surface area contributed by atoms with Crippen LogP contribution in [0.25, 0.3) is 22.0 Å². The van der Waals surface area contributed by atoms with Crippen molar-refractivity contribution in [3.05, 3.63) is 95.6 Å². The van der Waals surface area contributed by atoms with Crippen LogP contribution < -0.4 is 4.90 Å². The lowest BCUT2D eigenvalue weighted by molar-refractivity contribution is 0.0710. The maximum Gasteiger partial charge on any atom is 0.254 e. The molecule has 2 aliphatic heterocycles. The molecule has 2 aliphatic rings. The van der Waals surface area contributed by atoms with E-state index in [1.54, 1.807) is 0 Å². The predicted molar refractivity (Wildman–Crippen MR) is 165 cm³/mol. The highest BCUT2D eigenvalue weighted by molar-refractivity contribution is 6.08. The average Bonchev–Trinajstić information content (AvgIpc) is 3.72. The lowest BCUT2D eigenvalue weighted by Crippen LogP contribution is -2.42. The highest BCUT2D eigenvalue weighted by Crippen LogP contribution is 2.33. The van der Waals surface area contributed by atoms with Crippen LogP contribution in [0.4, 0.5) is 5.82 Å². The summed E-state index contributed by atoms with van der Waals surface area (Å²) in [4.78, 5) is 26.3. The smallest absolute Gasteiger partial charge is 0.254 e. The molecule has 3 heterocycles. The van der Waals surface area contributed by atoms with Crippen LogP contribution in [-0.2, 0) is 0 Å². The van der Waals surface area contributed by atoms with Crippen LogP contribution in [0.1, 0.15) is 60.1 Å². The van der Waals surface area contributed by atoms with Crippen molar-refractivity contribution in [3.63, 3.8) is 0 Å². The molecule has 0 aliphatic carbocycles. The van der Waals surface area contributed by atoms with Crippen LogP contribution in [0.3, 0.4) is 0 Å². The van der Waals surface area contributed by atoms with Crippen molar-refractivity contribution in [3.8, 4) is 17.2 Å². The topological polar surface area (TPSA) is 63.5 Å². The summed E-state index contributed by atoms with van der Waals surface area (Å²) >= 11 is 0. The maximum atomic E-state index is 14.4. The van der Waals surface area contributed by atoms with E-state index >= 15 is 0 Å². The first-order valence-corrected chi connectivity index (χ1v) is 14.8. The molecule has 0 bridgehead atoms. The minimum Gasteiger partial charge on any atom is -0.353 e. The Morgan fingerprint density at radius 3 is 2.44 bits per heavy atom. The van der Waals surface area contributed by atoms with Crippen molar-refractivity contribution in [2.24, 2.45) is 0 Å². The van der Waals surface area contributed by atoms with Gasteiger partial charge in [-0.05, 0) is 92.7 Å². The molecule has 0 unspecified atom stereocenters. The minimum atomic E-state index is 0.0942. The second-order valence-corrected chi connectivity index (χ2v) is 11.4. The number of likely N-dealkylation sites (tertiary alicyclic amines) is 2. The first-order chi connectivity index (χ1) is 20.0. The third-order valence-electron chi connectivity index (χ3n) is 8.90. The second-order valence-electron chi connectivity index (χ2n) is 11.4. The number of anilines is 1. The molecular formula is C35H37N5O. The molecule has 0 radical (unpaired) electrons. The molecule has 2 saturated heterocycles. The van der Waals surface area contributed by atoms with E-state index in [0.29, 0.717) is 11.1 Å². The molecule has 0 N–H and O–H groups in total. The fourth-order valence-electron chi connectivity index (χ4n) is 6.35. The van der Waals surface area contributed by atoms with E-state index in [4.69, 9.17) is 4.98 Å². The summed E-state index contributed by atoms with van der Waals surface area (Å²) < 4.78 is 0. The molecule has 208 valence electrons. The number of amides is 1. The van der Waals surface area contributed by atoms with Crippen molar-refractivity contribution < 1.29 is 4.79 Å². The standard InChI is InChI=1S/C35H37N5O/c1-25(27-9-4-3-5-10-27)38(2)34-22-32(35(41)40-20-8-11-30(40)24-39-18-6-7-19-39)31-21-29(16-17-33(31)37-34)28-14-12-26(23-36)13-15-28/h3-5,9-10,12-17,21-22,25,30H,6-8,11,18-20,24H2,1-2H3/t25-,30-/m0/s1. The van der Waals surface area contributed by atoms with Crippen molar-refractivity contribution in [2.45, 2.75) is 44.7 Å². The van der Waals surface area contributed by atoms with Crippen LogP contribution >= 0.6 is 0 Å². The number of hydrogen-bond donors (Lipinski definition) is 0. The van der Waals surface area contributed by atoms with Gasteiger partial charge in [0.1, 0.15) is 5.82 Å². The number of nitriles is 1. The van der Waals surface area contributed by atoms with Crippen LogP contribution in [-0.4, -0.2) is 60.0 Å². The van der Waals surface area contributed by atoms with Gasteiger partial charge in [-0.2, -0.15) is 5.26 Å². The third kappa shape index (κ3) is 5.55. The van der Waals surface area contributed by atoms with Crippen molar-refractivity contribution in [1.82, 2.24) is 14.8 Å². The Kier molecular flexibility index (Phi) is 7.71. The Bertz CT molecular complexity index is 1570. The zero-order valence-electron chi connectivity index (χ0n) is 24.0. The molecule has 6 heteroatoms. The summed E-state index contributed by atoms with van der Waals surface area (Å²) in [6, 6.07) is 28.7. The Labute approximate surface area is 242 Å². The Balaban J connectivity index is 1.41. The summed E-state index contributed by atoms with van der Waals surface area (Å²) in [6.45, 7) is 6.20. The van der Waals surface area contributed by atoms with E-state index in [-0.39, 0.29) is 18.0 Å². The molecule has 41 heavy (non-hydrogen) atoms. The zero-order valence-corrected chi connectivity index (χ0v) is 24.0. The van der Waals surface area contributed by atoms with Gasteiger partial charge in [-0.3, -0.25) is 4.79 Å². The molecule has 2 fully saturated rings. The first-order valence-electron chi connectivity index (χ1n) is 14.8. The molecule has 1 amide bonds. The Hall–Kier alpha value is -4.21. The summed E-state index contributed by atoms with van der Waals surface area (Å²) in [5.74, 6) is 0.886. The monoisotopic (exact) mass is 543 g/mol. The molecule has 0 saturated carbocycles. The van der Waals surface area contributed by atoms with Crippen molar-refractivity contribution in [2.75, 3.05) is 38.1 Å². The number of aromatic nitrogens is 1. The Morgan fingerprint density at radius 1 is 0.976 bits per heavy atom. The number of carbonyl (C=O) groups excluding carboxylic acids is 1. The fourth-order valence-corrected chi connectivity index (χ4v) is 6.35. The van der Waals surface area contributed by atoms with Gasteiger partial charge in [0.15, 0.2) is 0 Å². The average molecular weight is 544 g/mol. The van der Waals surface area contributed by atoms with Gasteiger partial charge in [-0.15, -0.1) is 0 Å². The maximum absolute atomic E-state index is 14.4.